The quantitative estimate of drug-likeness (QED) is 0.323. The third-order valence-corrected chi connectivity index (χ3v) is 9.15. The first-order chi connectivity index (χ1) is 18.4. The van der Waals surface area contributed by atoms with Crippen LogP contribution in [0.4, 0.5) is 8.78 Å². The van der Waals surface area contributed by atoms with Crippen molar-refractivity contribution in [1.29, 1.82) is 0 Å². The first-order valence-corrected chi connectivity index (χ1v) is 15.1. The minimum absolute atomic E-state index is 0.0907. The molecule has 0 bridgehead atoms. The van der Waals surface area contributed by atoms with Crippen molar-refractivity contribution in [2.24, 2.45) is 11.3 Å². The van der Waals surface area contributed by atoms with E-state index in [1.54, 1.807) is 33.8 Å². The lowest BCUT2D eigenvalue weighted by atomic mass is 9.89. The molecule has 1 amide bonds. The number of carboxylic acids is 1. The number of carboxylic acid groups (broad SMARTS) is 1. The number of carbonyl (C=O) groups excluding carboxylic acids is 1. The van der Waals surface area contributed by atoms with Gasteiger partial charge < -0.3 is 15.0 Å². The zero-order valence-corrected chi connectivity index (χ0v) is 24.9. The normalized spacial score (nSPS) is 15.4. The maximum atomic E-state index is 14.2. The van der Waals surface area contributed by atoms with Crippen molar-refractivity contribution in [1.82, 2.24) is 14.6 Å². The van der Waals surface area contributed by atoms with Crippen LogP contribution in [0.2, 0.25) is 0 Å². The lowest BCUT2D eigenvalue weighted by Crippen LogP contribution is -2.40. The van der Waals surface area contributed by atoms with Gasteiger partial charge in [-0.1, -0.05) is 25.3 Å². The van der Waals surface area contributed by atoms with E-state index in [0.29, 0.717) is 35.0 Å². The molecule has 0 unspecified atom stereocenters. The van der Waals surface area contributed by atoms with E-state index in [1.807, 2.05) is 4.57 Å². The molecule has 0 atom stereocenters. The van der Waals surface area contributed by atoms with Crippen molar-refractivity contribution in [3.63, 3.8) is 0 Å². The van der Waals surface area contributed by atoms with Gasteiger partial charge in [0.1, 0.15) is 0 Å². The van der Waals surface area contributed by atoms with Gasteiger partial charge in [-0.05, 0) is 84.1 Å². The summed E-state index contributed by atoms with van der Waals surface area (Å²) in [5, 5.41) is 12.1. The van der Waals surface area contributed by atoms with Gasteiger partial charge in [0.15, 0.2) is 0 Å². The van der Waals surface area contributed by atoms with Crippen LogP contribution in [0.1, 0.15) is 94.8 Å². The molecule has 1 aliphatic carbocycles. The number of halogens is 2. The molecule has 3 N–H and O–H groups in total. The molecule has 1 heterocycles. The van der Waals surface area contributed by atoms with Gasteiger partial charge >= 0.3 is 5.97 Å². The van der Waals surface area contributed by atoms with E-state index < -0.39 is 49.7 Å². The second-order valence-electron chi connectivity index (χ2n) is 12.4. The highest BCUT2D eigenvalue weighted by molar-refractivity contribution is 7.89. The van der Waals surface area contributed by atoms with Crippen molar-refractivity contribution < 1.29 is 31.9 Å². The van der Waals surface area contributed by atoms with E-state index in [4.69, 9.17) is 0 Å². The molecule has 3 rings (SSSR count). The van der Waals surface area contributed by atoms with Crippen LogP contribution in [0.3, 0.4) is 0 Å². The molecule has 40 heavy (non-hydrogen) atoms. The van der Waals surface area contributed by atoms with Gasteiger partial charge in [0.25, 0.3) is 12.3 Å². The van der Waals surface area contributed by atoms with Crippen LogP contribution in [0, 0.1) is 18.3 Å². The fourth-order valence-electron chi connectivity index (χ4n) is 5.03. The fraction of sp³-hybridized carbons (Fsp3) is 0.586. The zero-order chi connectivity index (χ0) is 30.0. The highest BCUT2D eigenvalue weighted by atomic mass is 32.2. The van der Waals surface area contributed by atoms with Crippen molar-refractivity contribution in [2.75, 3.05) is 6.54 Å². The number of aliphatic carboxylic acids is 1. The predicted octanol–water partition coefficient (Wildman–Crippen LogP) is 5.90. The molecular formula is C29H41F2N3O5S. The van der Waals surface area contributed by atoms with Crippen LogP contribution in [0.15, 0.2) is 29.2 Å². The van der Waals surface area contributed by atoms with E-state index in [1.165, 1.54) is 32.0 Å². The summed E-state index contributed by atoms with van der Waals surface area (Å²) >= 11 is 0. The molecule has 1 fully saturated rings. The van der Waals surface area contributed by atoms with E-state index in [0.717, 1.165) is 32.1 Å². The standard InChI is InChI=1S/C29H41F2N3O5S/c1-18-21(26(35)32-17-29(5,6)27(36)37)15-23(34(18)16-19-10-8-7-9-11-19)20-12-13-24(22(14-20)25(30)31)40(38,39)33-28(2,3)4/h12-15,19,25,33H,7-11,16-17H2,1-6H3,(H,32,35)(H,36,37). The topological polar surface area (TPSA) is 118 Å². The molecular weight excluding hydrogens is 540 g/mol. The first-order valence-electron chi connectivity index (χ1n) is 13.6. The van der Waals surface area contributed by atoms with Gasteiger partial charge in [0, 0.05) is 35.6 Å². The monoisotopic (exact) mass is 581 g/mol. The van der Waals surface area contributed by atoms with Crippen LogP contribution >= 0.6 is 0 Å². The molecule has 0 radical (unpaired) electrons. The maximum absolute atomic E-state index is 14.2. The summed E-state index contributed by atoms with van der Waals surface area (Å²) in [5.41, 5.74) is -0.806. The molecule has 0 spiro atoms. The van der Waals surface area contributed by atoms with Crippen LogP contribution in [-0.2, 0) is 21.4 Å². The largest absolute Gasteiger partial charge is 0.481 e. The number of nitrogens with one attached hydrogen (secondary N) is 2. The van der Waals surface area contributed by atoms with Crippen LogP contribution in [0.25, 0.3) is 11.3 Å². The number of carbonyl (C=O) groups is 2. The summed E-state index contributed by atoms with van der Waals surface area (Å²) in [4.78, 5) is 24.2. The second kappa shape index (κ2) is 12.0. The average Bonchev–Trinajstić information content (AvgIpc) is 3.17. The maximum Gasteiger partial charge on any atom is 0.310 e. The molecule has 1 aromatic heterocycles. The highest BCUT2D eigenvalue weighted by Crippen LogP contribution is 2.35. The summed E-state index contributed by atoms with van der Waals surface area (Å²) in [7, 11) is -4.22. The highest BCUT2D eigenvalue weighted by Gasteiger charge is 2.31. The van der Waals surface area contributed by atoms with E-state index in [2.05, 4.69) is 10.0 Å². The molecule has 1 aliphatic rings. The number of hydrogen-bond donors (Lipinski definition) is 3. The molecule has 1 saturated carbocycles. The van der Waals surface area contributed by atoms with E-state index >= 15 is 0 Å². The second-order valence-corrected chi connectivity index (χ2v) is 14.1. The molecule has 8 nitrogen and oxygen atoms in total. The third kappa shape index (κ3) is 7.48. The Morgan fingerprint density at radius 1 is 1.07 bits per heavy atom. The Balaban J connectivity index is 2.09. The number of hydrogen-bond acceptors (Lipinski definition) is 4. The number of rotatable bonds is 10. The SMILES string of the molecule is Cc1c(C(=O)NCC(C)(C)C(=O)O)cc(-c2ccc(S(=O)(=O)NC(C)(C)C)c(C(F)F)c2)n1CC1CCCCC1. The Morgan fingerprint density at radius 2 is 1.70 bits per heavy atom. The Labute approximate surface area is 235 Å². The summed E-state index contributed by atoms with van der Waals surface area (Å²) in [6, 6.07) is 5.48. The first kappa shape index (κ1) is 31.7. The van der Waals surface area contributed by atoms with Crippen LogP contribution < -0.4 is 10.0 Å². The van der Waals surface area contributed by atoms with E-state index in [9.17, 15) is 31.9 Å². The van der Waals surface area contributed by atoms with Gasteiger partial charge in [0.05, 0.1) is 15.9 Å². The summed E-state index contributed by atoms with van der Waals surface area (Å²) in [6.07, 6.45) is 2.35. The minimum Gasteiger partial charge on any atom is -0.481 e. The van der Waals surface area contributed by atoms with Gasteiger partial charge in [-0.25, -0.2) is 21.9 Å². The molecule has 2 aromatic rings. The molecule has 0 saturated heterocycles. The van der Waals surface area contributed by atoms with Gasteiger partial charge in [-0.3, -0.25) is 9.59 Å². The van der Waals surface area contributed by atoms with Gasteiger partial charge in [-0.2, -0.15) is 0 Å². The number of sulfonamides is 1. The van der Waals surface area contributed by atoms with Crippen molar-refractivity contribution in [3.05, 3.63) is 41.1 Å². The molecule has 1 aromatic carbocycles. The molecule has 222 valence electrons. The zero-order valence-electron chi connectivity index (χ0n) is 24.1. The van der Waals surface area contributed by atoms with E-state index in [-0.39, 0.29) is 6.54 Å². The molecule has 0 aliphatic heterocycles. The predicted molar refractivity (Wildman–Crippen MR) is 150 cm³/mol. The number of nitrogens with zero attached hydrogens (tertiary/aromatic N) is 1. The summed E-state index contributed by atoms with van der Waals surface area (Å²) < 4.78 is 58.8. The fourth-order valence-corrected chi connectivity index (χ4v) is 6.65. The average molecular weight is 582 g/mol. The molecule has 11 heteroatoms. The number of benzene rings is 1. The minimum atomic E-state index is -4.22. The van der Waals surface area contributed by atoms with Gasteiger partial charge in [-0.15, -0.1) is 0 Å². The lowest BCUT2D eigenvalue weighted by Gasteiger charge is -2.25. The van der Waals surface area contributed by atoms with Crippen LogP contribution in [-0.4, -0.2) is 42.1 Å². The third-order valence-electron chi connectivity index (χ3n) is 7.32. The Kier molecular flexibility index (Phi) is 9.51. The summed E-state index contributed by atoms with van der Waals surface area (Å²) in [5.74, 6) is -1.15. The number of aromatic nitrogens is 1. The van der Waals surface area contributed by atoms with Crippen molar-refractivity contribution in [2.45, 2.75) is 97.1 Å². The van der Waals surface area contributed by atoms with Gasteiger partial charge in [0.2, 0.25) is 10.0 Å². The number of amides is 1. The lowest BCUT2D eigenvalue weighted by molar-refractivity contribution is -0.146. The van der Waals surface area contributed by atoms with Crippen molar-refractivity contribution in [3.8, 4) is 11.3 Å². The van der Waals surface area contributed by atoms with Crippen LogP contribution in [0.5, 0.6) is 0 Å². The number of alkyl halides is 2. The Morgan fingerprint density at radius 3 is 2.25 bits per heavy atom. The van der Waals surface area contributed by atoms with Crippen molar-refractivity contribution >= 4 is 21.9 Å². The Bertz CT molecular complexity index is 1350. The Hall–Kier alpha value is -2.79. The smallest absolute Gasteiger partial charge is 0.310 e. The summed E-state index contributed by atoms with van der Waals surface area (Å²) in [6.45, 7) is 10.2.